The molecule has 4 heterocycles. The number of amides is 2. The van der Waals surface area contributed by atoms with E-state index >= 15 is 0 Å². The van der Waals surface area contributed by atoms with E-state index in [1.807, 2.05) is 24.9 Å². The molecule has 2 amide bonds. The number of nitrogens with zero attached hydrogens (tertiary/aromatic N) is 8. The summed E-state index contributed by atoms with van der Waals surface area (Å²) < 4.78 is 1.54. The maximum absolute atomic E-state index is 12.9. The zero-order valence-corrected chi connectivity index (χ0v) is 21.6. The van der Waals surface area contributed by atoms with Crippen molar-refractivity contribution in [3.8, 4) is 11.4 Å². The van der Waals surface area contributed by atoms with Crippen LogP contribution in [0.25, 0.3) is 11.4 Å². The van der Waals surface area contributed by atoms with Crippen LogP contribution in [0.3, 0.4) is 0 Å². The van der Waals surface area contributed by atoms with E-state index in [0.717, 1.165) is 18.8 Å². The number of aromatic nitrogens is 6. The smallest absolute Gasteiger partial charge is 0.279 e. The van der Waals surface area contributed by atoms with Gasteiger partial charge in [0, 0.05) is 39.2 Å². The third kappa shape index (κ3) is 5.74. The fourth-order valence-electron chi connectivity index (χ4n) is 4.13. The Kier molecular flexibility index (Phi) is 8.06. The lowest BCUT2D eigenvalue weighted by Crippen LogP contribution is -2.41. The molecule has 0 aliphatic carbocycles. The second-order valence-corrected chi connectivity index (χ2v) is 8.71. The molecule has 0 unspecified atom stereocenters. The first-order chi connectivity index (χ1) is 17.9. The van der Waals surface area contributed by atoms with Gasteiger partial charge in [0.1, 0.15) is 18.2 Å². The van der Waals surface area contributed by atoms with E-state index in [4.69, 9.17) is 0 Å². The molecule has 0 spiro atoms. The number of anilines is 3. The van der Waals surface area contributed by atoms with Gasteiger partial charge >= 0.3 is 0 Å². The summed E-state index contributed by atoms with van der Waals surface area (Å²) in [5.74, 6) is 1.94. The Morgan fingerprint density at radius 2 is 1.84 bits per heavy atom. The van der Waals surface area contributed by atoms with E-state index in [1.54, 1.807) is 31.7 Å². The van der Waals surface area contributed by atoms with Gasteiger partial charge in [-0.05, 0) is 25.5 Å². The molecule has 12 heteroatoms. The van der Waals surface area contributed by atoms with Gasteiger partial charge in [-0.25, -0.2) is 24.9 Å². The maximum Gasteiger partial charge on any atom is 0.279 e. The van der Waals surface area contributed by atoms with Crippen molar-refractivity contribution < 1.29 is 9.59 Å². The van der Waals surface area contributed by atoms with E-state index in [-0.39, 0.29) is 18.4 Å². The summed E-state index contributed by atoms with van der Waals surface area (Å²) in [5, 5.41) is 5.98. The van der Waals surface area contributed by atoms with Gasteiger partial charge in [0.15, 0.2) is 17.3 Å². The Morgan fingerprint density at radius 3 is 2.57 bits per heavy atom. The molecular weight excluding hydrogens is 472 g/mol. The molecule has 0 atom stereocenters. The second kappa shape index (κ2) is 11.6. The van der Waals surface area contributed by atoms with Crippen molar-refractivity contribution in [3.63, 3.8) is 0 Å². The molecule has 1 aliphatic heterocycles. The standard InChI is InChI=1S/C25H32N10O2/c1-5-7-8-9-11-27-25-28-13-17(14-29-25)22-26-12-10-18(32-22)31-19(36)15-35-16-30-23-21(35)24(37)34(4)20(6-2)33(23)3/h6,10,12-14,16H,5,7-9,11,15H2,1-4H3,(H,27,28,29)(H,26,31,32,36). The van der Waals surface area contributed by atoms with E-state index in [1.165, 1.54) is 35.1 Å². The van der Waals surface area contributed by atoms with E-state index in [0.29, 0.717) is 34.7 Å². The number of carbonyl (C=O) groups is 2. The highest BCUT2D eigenvalue weighted by atomic mass is 16.2. The molecular formula is C25H32N10O2. The number of hydrogen-bond acceptors (Lipinski definition) is 9. The minimum atomic E-state index is -0.348. The van der Waals surface area contributed by atoms with Crippen LogP contribution in [0.2, 0.25) is 0 Å². The number of nitrogens with one attached hydrogen (secondary N) is 2. The normalized spacial score (nSPS) is 14.2. The van der Waals surface area contributed by atoms with E-state index < -0.39 is 0 Å². The molecule has 0 bridgehead atoms. The summed E-state index contributed by atoms with van der Waals surface area (Å²) in [5.41, 5.74) is 0.984. The van der Waals surface area contributed by atoms with Crippen LogP contribution in [0.15, 0.2) is 42.9 Å². The van der Waals surface area contributed by atoms with Gasteiger partial charge in [0.2, 0.25) is 11.9 Å². The van der Waals surface area contributed by atoms with Gasteiger partial charge in [-0.3, -0.25) is 14.5 Å². The number of imidazole rings is 1. The summed E-state index contributed by atoms with van der Waals surface area (Å²) in [7, 11) is 3.52. The molecule has 4 rings (SSSR count). The first-order valence-corrected chi connectivity index (χ1v) is 12.3. The maximum atomic E-state index is 12.9. The fourth-order valence-corrected chi connectivity index (χ4v) is 4.13. The van der Waals surface area contributed by atoms with Crippen molar-refractivity contribution in [2.24, 2.45) is 0 Å². The Bertz CT molecular complexity index is 1280. The summed E-state index contributed by atoms with van der Waals surface area (Å²) in [6, 6.07) is 1.60. The van der Waals surface area contributed by atoms with Crippen LogP contribution in [0.5, 0.6) is 0 Å². The molecule has 0 fully saturated rings. The number of unbranched alkanes of at least 4 members (excludes halogenated alkanes) is 3. The minimum Gasteiger partial charge on any atom is -0.354 e. The van der Waals surface area contributed by atoms with Crippen molar-refractivity contribution in [3.05, 3.63) is 48.6 Å². The fraction of sp³-hybridized carbons (Fsp3) is 0.400. The third-order valence-corrected chi connectivity index (χ3v) is 6.05. The molecule has 0 saturated carbocycles. The minimum absolute atomic E-state index is 0.0952. The lowest BCUT2D eigenvalue weighted by atomic mass is 10.2. The summed E-state index contributed by atoms with van der Waals surface area (Å²) in [6.45, 7) is 4.77. The summed E-state index contributed by atoms with van der Waals surface area (Å²) >= 11 is 0. The van der Waals surface area contributed by atoms with Gasteiger partial charge in [-0.1, -0.05) is 26.2 Å². The molecule has 2 N–H and O–H groups in total. The molecule has 0 aromatic carbocycles. The lowest BCUT2D eigenvalue weighted by molar-refractivity contribution is -0.116. The van der Waals surface area contributed by atoms with Crippen molar-refractivity contribution in [1.29, 1.82) is 0 Å². The van der Waals surface area contributed by atoms with Crippen molar-refractivity contribution in [2.45, 2.75) is 46.1 Å². The molecule has 12 nitrogen and oxygen atoms in total. The van der Waals surface area contributed by atoms with Crippen LogP contribution in [-0.4, -0.2) is 66.8 Å². The topological polar surface area (TPSA) is 134 Å². The predicted molar refractivity (Wildman–Crippen MR) is 141 cm³/mol. The van der Waals surface area contributed by atoms with Crippen LogP contribution >= 0.6 is 0 Å². The van der Waals surface area contributed by atoms with Gasteiger partial charge in [0.05, 0.1) is 11.9 Å². The van der Waals surface area contributed by atoms with Gasteiger partial charge in [-0.2, -0.15) is 0 Å². The van der Waals surface area contributed by atoms with Crippen LogP contribution in [0, 0.1) is 0 Å². The third-order valence-electron chi connectivity index (χ3n) is 6.05. The average molecular weight is 505 g/mol. The zero-order valence-electron chi connectivity index (χ0n) is 21.6. The van der Waals surface area contributed by atoms with Crippen molar-refractivity contribution >= 4 is 29.4 Å². The Labute approximate surface area is 215 Å². The number of hydrogen-bond donors (Lipinski definition) is 2. The molecule has 0 radical (unpaired) electrons. The predicted octanol–water partition coefficient (Wildman–Crippen LogP) is 3.14. The molecule has 1 aliphatic rings. The Morgan fingerprint density at radius 1 is 1.05 bits per heavy atom. The first kappa shape index (κ1) is 25.7. The number of fused-ring (bicyclic) bond motifs is 1. The first-order valence-electron chi connectivity index (χ1n) is 12.3. The van der Waals surface area contributed by atoms with Crippen molar-refractivity contribution in [2.75, 3.05) is 36.2 Å². The number of carbonyl (C=O) groups excluding carboxylic acids is 2. The summed E-state index contributed by atoms with van der Waals surface area (Å²) in [6.07, 6.45) is 12.9. The SMILES string of the molecule is CC=C1N(C)C(=O)c2c(ncn2CC(=O)Nc2ccnc(-c3cnc(NCCCCCC)nc3)n2)N1C. The van der Waals surface area contributed by atoms with Crippen LogP contribution in [-0.2, 0) is 11.3 Å². The van der Waals surface area contributed by atoms with Crippen LogP contribution < -0.4 is 15.5 Å². The Hall–Kier alpha value is -4.35. The zero-order chi connectivity index (χ0) is 26.4. The lowest BCUT2D eigenvalue weighted by Gasteiger charge is -2.33. The molecule has 37 heavy (non-hydrogen) atoms. The Balaban J connectivity index is 1.40. The van der Waals surface area contributed by atoms with Crippen LogP contribution in [0.1, 0.15) is 50.0 Å². The van der Waals surface area contributed by atoms with Gasteiger partial charge in [0.25, 0.3) is 5.91 Å². The monoisotopic (exact) mass is 504 g/mol. The number of rotatable bonds is 10. The van der Waals surface area contributed by atoms with Gasteiger partial charge < -0.3 is 20.1 Å². The second-order valence-electron chi connectivity index (χ2n) is 8.71. The largest absolute Gasteiger partial charge is 0.354 e. The molecule has 0 saturated heterocycles. The van der Waals surface area contributed by atoms with Gasteiger partial charge in [-0.15, -0.1) is 0 Å². The highest BCUT2D eigenvalue weighted by Crippen LogP contribution is 2.29. The highest BCUT2D eigenvalue weighted by Gasteiger charge is 2.33. The van der Waals surface area contributed by atoms with Crippen LogP contribution in [0.4, 0.5) is 17.6 Å². The molecule has 3 aromatic heterocycles. The highest BCUT2D eigenvalue weighted by molar-refractivity contribution is 6.01. The summed E-state index contributed by atoms with van der Waals surface area (Å²) in [4.78, 5) is 50.8. The molecule has 3 aromatic rings. The number of allylic oxidation sites excluding steroid dienone is 1. The van der Waals surface area contributed by atoms with E-state index in [9.17, 15) is 9.59 Å². The van der Waals surface area contributed by atoms with Crippen molar-refractivity contribution in [1.82, 2.24) is 34.4 Å². The van der Waals surface area contributed by atoms with E-state index in [2.05, 4.69) is 42.5 Å². The quantitative estimate of drug-likeness (QED) is 0.399. The average Bonchev–Trinajstić information content (AvgIpc) is 3.32. The molecule has 194 valence electrons.